The van der Waals surface area contributed by atoms with Crippen LogP contribution in [0.15, 0.2) is 212 Å². The standard InChI is InChI=1S/C59H43N/c1-3-18-41(19-4-1)47-23-9-10-24-48(47)42-33-35-46(36-34-42)60(45-21-5-2-6-22-45)58-39-57-53(38-52(58)44-32-31-40-17-7-8-20-43(40)37-44)51-27-13-16-30-56(51)59(57)54-28-14-11-25-49(54)50-26-12-15-29-55(50)59/h1-6,9-16,18-19,21-39H,7-8,17,20H2. The van der Waals surface area contributed by atoms with E-state index in [-0.39, 0.29) is 0 Å². The molecule has 3 aliphatic carbocycles. The molecule has 1 spiro atoms. The lowest BCUT2D eigenvalue weighted by atomic mass is 9.70. The maximum atomic E-state index is 2.56. The molecular weight excluding hydrogens is 723 g/mol. The first-order chi connectivity index (χ1) is 29.8. The molecule has 0 heterocycles. The van der Waals surface area contributed by atoms with Gasteiger partial charge in [0.15, 0.2) is 0 Å². The van der Waals surface area contributed by atoms with E-state index in [1.165, 1.54) is 108 Å². The molecule has 0 saturated carbocycles. The first-order valence-corrected chi connectivity index (χ1v) is 21.5. The second-order valence-electron chi connectivity index (χ2n) is 16.6. The fourth-order valence-electron chi connectivity index (χ4n) is 10.8. The monoisotopic (exact) mass is 765 g/mol. The lowest BCUT2D eigenvalue weighted by Crippen LogP contribution is -2.26. The molecule has 0 saturated heterocycles. The van der Waals surface area contributed by atoms with Crippen molar-refractivity contribution in [1.82, 2.24) is 0 Å². The smallest absolute Gasteiger partial charge is 0.0726 e. The third-order valence-electron chi connectivity index (χ3n) is 13.5. The van der Waals surface area contributed by atoms with Crippen LogP contribution in [0.5, 0.6) is 0 Å². The van der Waals surface area contributed by atoms with E-state index < -0.39 is 5.41 Å². The Hall–Kier alpha value is -7.22. The minimum absolute atomic E-state index is 0.449. The van der Waals surface area contributed by atoms with Gasteiger partial charge in [0.05, 0.1) is 11.1 Å². The average molecular weight is 766 g/mol. The highest BCUT2D eigenvalue weighted by molar-refractivity contribution is 6.00. The van der Waals surface area contributed by atoms with Crippen LogP contribution < -0.4 is 4.90 Å². The summed E-state index contributed by atoms with van der Waals surface area (Å²) >= 11 is 0. The zero-order valence-electron chi connectivity index (χ0n) is 33.5. The molecule has 60 heavy (non-hydrogen) atoms. The molecule has 9 aromatic carbocycles. The van der Waals surface area contributed by atoms with Gasteiger partial charge >= 0.3 is 0 Å². The molecule has 0 aliphatic heterocycles. The van der Waals surface area contributed by atoms with Crippen molar-refractivity contribution in [2.75, 3.05) is 4.90 Å². The van der Waals surface area contributed by atoms with E-state index in [0.717, 1.165) is 24.2 Å². The highest BCUT2D eigenvalue weighted by atomic mass is 15.1. The summed E-state index contributed by atoms with van der Waals surface area (Å²) in [7, 11) is 0. The number of hydrogen-bond acceptors (Lipinski definition) is 1. The van der Waals surface area contributed by atoms with Gasteiger partial charge in [0, 0.05) is 16.9 Å². The van der Waals surface area contributed by atoms with Crippen LogP contribution in [-0.4, -0.2) is 0 Å². The maximum Gasteiger partial charge on any atom is 0.0726 e. The summed E-state index contributed by atoms with van der Waals surface area (Å²) in [4.78, 5) is 2.51. The second-order valence-corrected chi connectivity index (χ2v) is 16.6. The molecule has 12 rings (SSSR count). The summed E-state index contributed by atoms with van der Waals surface area (Å²) in [5.41, 5.74) is 24.1. The molecule has 0 aromatic heterocycles. The molecule has 0 radical (unpaired) electrons. The molecule has 0 N–H and O–H groups in total. The topological polar surface area (TPSA) is 3.24 Å². The normalized spacial score (nSPS) is 13.9. The van der Waals surface area contributed by atoms with Crippen LogP contribution in [0.3, 0.4) is 0 Å². The SMILES string of the molecule is c1ccc(-c2ccccc2-c2ccc(N(c3ccccc3)c3cc4c(cc3-c3ccc5c(c3)CCCC5)-c3ccccc3C43c4ccccc4-c4ccccc43)cc2)cc1. The Bertz CT molecular complexity index is 3040. The summed E-state index contributed by atoms with van der Waals surface area (Å²) in [6.07, 6.45) is 4.82. The van der Waals surface area contributed by atoms with Crippen LogP contribution in [0.2, 0.25) is 0 Å². The Morgan fingerprint density at radius 3 is 1.38 bits per heavy atom. The van der Waals surface area contributed by atoms with Crippen LogP contribution in [-0.2, 0) is 18.3 Å². The average Bonchev–Trinajstić information content (AvgIpc) is 3.79. The van der Waals surface area contributed by atoms with Gasteiger partial charge < -0.3 is 4.90 Å². The molecule has 0 amide bonds. The molecule has 1 nitrogen and oxygen atoms in total. The van der Waals surface area contributed by atoms with Gasteiger partial charge in [-0.15, -0.1) is 0 Å². The first kappa shape index (κ1) is 34.8. The number of nitrogens with zero attached hydrogens (tertiary/aromatic N) is 1. The highest BCUT2D eigenvalue weighted by Crippen LogP contribution is 2.64. The summed E-state index contributed by atoms with van der Waals surface area (Å²) in [5, 5.41) is 0. The van der Waals surface area contributed by atoms with Crippen molar-refractivity contribution in [2.45, 2.75) is 31.1 Å². The number of aryl methyl sites for hydroxylation is 2. The van der Waals surface area contributed by atoms with Gasteiger partial charge in [-0.2, -0.15) is 0 Å². The predicted molar refractivity (Wildman–Crippen MR) is 250 cm³/mol. The third-order valence-corrected chi connectivity index (χ3v) is 13.5. The first-order valence-electron chi connectivity index (χ1n) is 21.5. The minimum Gasteiger partial charge on any atom is -0.310 e. The van der Waals surface area contributed by atoms with Crippen LogP contribution >= 0.6 is 0 Å². The lowest BCUT2D eigenvalue weighted by Gasteiger charge is -2.33. The van der Waals surface area contributed by atoms with Crippen LogP contribution in [0.4, 0.5) is 17.1 Å². The number of hydrogen-bond donors (Lipinski definition) is 0. The summed E-state index contributed by atoms with van der Waals surface area (Å²) in [6, 6.07) is 79.5. The highest BCUT2D eigenvalue weighted by Gasteiger charge is 2.52. The molecule has 284 valence electrons. The summed E-state index contributed by atoms with van der Waals surface area (Å²) in [5.74, 6) is 0. The molecule has 1 heteroatoms. The number of fused-ring (bicyclic) bond motifs is 11. The van der Waals surface area contributed by atoms with Crippen molar-refractivity contribution in [3.63, 3.8) is 0 Å². The van der Waals surface area contributed by atoms with Gasteiger partial charge in [-0.05, 0) is 146 Å². The van der Waals surface area contributed by atoms with Gasteiger partial charge in [-0.25, -0.2) is 0 Å². The Labute approximate surface area is 352 Å². The molecular formula is C59H43N. The number of para-hydroxylation sites is 1. The van der Waals surface area contributed by atoms with Crippen molar-refractivity contribution < 1.29 is 0 Å². The largest absolute Gasteiger partial charge is 0.310 e. The van der Waals surface area contributed by atoms with E-state index in [1.54, 1.807) is 0 Å². The Morgan fingerprint density at radius 2 is 0.767 bits per heavy atom. The summed E-state index contributed by atoms with van der Waals surface area (Å²) in [6.45, 7) is 0. The van der Waals surface area contributed by atoms with Crippen molar-refractivity contribution in [2.24, 2.45) is 0 Å². The van der Waals surface area contributed by atoms with Crippen LogP contribution in [0, 0.1) is 0 Å². The number of anilines is 3. The van der Waals surface area contributed by atoms with E-state index in [1.807, 2.05) is 0 Å². The van der Waals surface area contributed by atoms with E-state index >= 15 is 0 Å². The van der Waals surface area contributed by atoms with E-state index in [9.17, 15) is 0 Å². The lowest BCUT2D eigenvalue weighted by molar-refractivity contribution is 0.686. The molecule has 0 fully saturated rings. The minimum atomic E-state index is -0.449. The van der Waals surface area contributed by atoms with Crippen molar-refractivity contribution in [3.05, 3.63) is 246 Å². The van der Waals surface area contributed by atoms with Crippen LogP contribution in [0.1, 0.15) is 46.2 Å². The van der Waals surface area contributed by atoms with E-state index in [4.69, 9.17) is 0 Å². The fourth-order valence-corrected chi connectivity index (χ4v) is 10.8. The van der Waals surface area contributed by atoms with E-state index in [2.05, 4.69) is 217 Å². The van der Waals surface area contributed by atoms with E-state index in [0.29, 0.717) is 0 Å². The number of benzene rings is 9. The van der Waals surface area contributed by atoms with Crippen molar-refractivity contribution in [3.8, 4) is 55.6 Å². The fraction of sp³-hybridized carbons (Fsp3) is 0.0847. The van der Waals surface area contributed by atoms with Crippen molar-refractivity contribution in [1.29, 1.82) is 0 Å². The molecule has 3 aliphatic rings. The molecule has 9 aromatic rings. The third kappa shape index (κ3) is 5.25. The second kappa shape index (κ2) is 14.0. The predicted octanol–water partition coefficient (Wildman–Crippen LogP) is 15.4. The Kier molecular flexibility index (Phi) is 8.10. The molecule has 0 atom stereocenters. The Balaban J connectivity index is 1.13. The molecule has 0 bridgehead atoms. The van der Waals surface area contributed by atoms with Gasteiger partial charge in [-0.1, -0.05) is 176 Å². The van der Waals surface area contributed by atoms with Gasteiger partial charge in [-0.3, -0.25) is 0 Å². The zero-order valence-corrected chi connectivity index (χ0v) is 33.5. The Morgan fingerprint density at radius 1 is 0.300 bits per heavy atom. The zero-order chi connectivity index (χ0) is 39.6. The van der Waals surface area contributed by atoms with Gasteiger partial charge in [0.2, 0.25) is 0 Å². The van der Waals surface area contributed by atoms with Gasteiger partial charge in [0.25, 0.3) is 0 Å². The number of rotatable bonds is 6. The van der Waals surface area contributed by atoms with Crippen LogP contribution in [0.25, 0.3) is 55.6 Å². The van der Waals surface area contributed by atoms with Gasteiger partial charge in [0.1, 0.15) is 0 Å². The summed E-state index contributed by atoms with van der Waals surface area (Å²) < 4.78 is 0. The quantitative estimate of drug-likeness (QED) is 0.163. The van der Waals surface area contributed by atoms with Crippen molar-refractivity contribution >= 4 is 17.1 Å². The molecule has 0 unspecified atom stereocenters. The maximum absolute atomic E-state index is 2.56.